The van der Waals surface area contributed by atoms with E-state index in [9.17, 15) is 14.4 Å². The minimum absolute atomic E-state index is 0.150. The second-order valence-electron chi connectivity index (χ2n) is 3.60. The van der Waals surface area contributed by atoms with Crippen molar-refractivity contribution in [2.24, 2.45) is 0 Å². The van der Waals surface area contributed by atoms with Gasteiger partial charge in [0.2, 0.25) is 0 Å². The number of carbonyl (C=O) groups excluding carboxylic acids is 3. The van der Waals surface area contributed by atoms with Gasteiger partial charge in [-0.15, -0.1) is 0 Å². The van der Waals surface area contributed by atoms with E-state index in [0.29, 0.717) is 5.56 Å². The van der Waals surface area contributed by atoms with E-state index in [-0.39, 0.29) is 25.6 Å². The Labute approximate surface area is 111 Å². The van der Waals surface area contributed by atoms with Crippen LogP contribution in [-0.4, -0.2) is 37.5 Å². The lowest BCUT2D eigenvalue weighted by molar-refractivity contribution is -0.154. The lowest BCUT2D eigenvalue weighted by atomic mass is 10.2. The van der Waals surface area contributed by atoms with Crippen molar-refractivity contribution in [2.75, 3.05) is 19.7 Å². The summed E-state index contributed by atoms with van der Waals surface area (Å²) in [6.45, 7) is 2.16. The molecule has 0 aliphatic rings. The molecule has 0 unspecified atom stereocenters. The van der Waals surface area contributed by atoms with E-state index in [2.05, 4.69) is 15.4 Å². The maximum absolute atomic E-state index is 11.6. The van der Waals surface area contributed by atoms with Crippen LogP contribution in [0.15, 0.2) is 30.3 Å². The number of nitrogens with one attached hydrogen (secondary N) is 2. The average molecular weight is 264 g/mol. The number of ether oxygens (including phenoxy) is 1. The van der Waals surface area contributed by atoms with Crippen LogP contribution in [0.25, 0.3) is 0 Å². The van der Waals surface area contributed by atoms with Crippen molar-refractivity contribution >= 4 is 17.8 Å². The van der Waals surface area contributed by atoms with Crippen molar-refractivity contribution < 1.29 is 19.1 Å². The van der Waals surface area contributed by atoms with Crippen molar-refractivity contribution in [3.05, 3.63) is 35.9 Å². The number of rotatable bonds is 5. The zero-order chi connectivity index (χ0) is 14.1. The highest BCUT2D eigenvalue weighted by molar-refractivity contribution is 6.32. The topological polar surface area (TPSA) is 84.5 Å². The minimum Gasteiger partial charge on any atom is -0.459 e. The van der Waals surface area contributed by atoms with E-state index in [1.165, 1.54) is 0 Å². The third-order valence-electron chi connectivity index (χ3n) is 2.19. The number of amides is 2. The molecule has 1 aromatic rings. The summed E-state index contributed by atoms with van der Waals surface area (Å²) in [6, 6.07) is 8.71. The SMILES string of the molecule is CCOC(=O)C(=O)NCCNC(=O)c1ccccc1. The first kappa shape index (κ1) is 14.7. The summed E-state index contributed by atoms with van der Waals surface area (Å²) in [7, 11) is 0. The first-order chi connectivity index (χ1) is 9.15. The van der Waals surface area contributed by atoms with Crippen LogP contribution >= 0.6 is 0 Å². The summed E-state index contributed by atoms with van der Waals surface area (Å²) in [4.78, 5) is 33.7. The fourth-order valence-electron chi connectivity index (χ4n) is 1.31. The summed E-state index contributed by atoms with van der Waals surface area (Å²) >= 11 is 0. The fourth-order valence-corrected chi connectivity index (χ4v) is 1.31. The molecular formula is C13H16N2O4. The molecule has 1 aromatic carbocycles. The molecule has 0 aromatic heterocycles. The van der Waals surface area contributed by atoms with E-state index in [1.54, 1.807) is 31.2 Å². The molecule has 0 bridgehead atoms. The Kier molecular flexibility index (Phi) is 6.08. The molecule has 0 aliphatic carbocycles. The molecule has 1 rings (SSSR count). The van der Waals surface area contributed by atoms with Gasteiger partial charge in [0.25, 0.3) is 5.91 Å². The van der Waals surface area contributed by atoms with Crippen LogP contribution in [0.1, 0.15) is 17.3 Å². The summed E-state index contributed by atoms with van der Waals surface area (Å²) in [5.41, 5.74) is 0.541. The molecule has 2 N–H and O–H groups in total. The summed E-state index contributed by atoms with van der Waals surface area (Å²) in [5.74, 6) is -1.96. The molecule has 0 atom stereocenters. The fraction of sp³-hybridized carbons (Fsp3) is 0.308. The minimum atomic E-state index is -0.920. The van der Waals surface area contributed by atoms with Gasteiger partial charge in [0.1, 0.15) is 0 Å². The van der Waals surface area contributed by atoms with E-state index >= 15 is 0 Å². The molecule has 0 fully saturated rings. The van der Waals surface area contributed by atoms with Crippen LogP contribution in [0, 0.1) is 0 Å². The summed E-state index contributed by atoms with van der Waals surface area (Å²) in [6.07, 6.45) is 0. The largest absolute Gasteiger partial charge is 0.459 e. The average Bonchev–Trinajstić information content (AvgIpc) is 2.44. The Bertz CT molecular complexity index is 445. The Balaban J connectivity index is 2.23. The number of carbonyl (C=O) groups is 3. The Morgan fingerprint density at radius 1 is 1.05 bits per heavy atom. The number of hydrogen-bond donors (Lipinski definition) is 2. The third kappa shape index (κ3) is 5.20. The van der Waals surface area contributed by atoms with Gasteiger partial charge in [0, 0.05) is 18.7 Å². The van der Waals surface area contributed by atoms with Gasteiger partial charge in [-0.1, -0.05) is 18.2 Å². The normalized spacial score (nSPS) is 9.53. The maximum Gasteiger partial charge on any atom is 0.396 e. The lowest BCUT2D eigenvalue weighted by Gasteiger charge is -2.06. The van der Waals surface area contributed by atoms with Gasteiger partial charge in [-0.25, -0.2) is 4.79 Å². The molecule has 2 amide bonds. The number of benzene rings is 1. The van der Waals surface area contributed by atoms with Crippen molar-refractivity contribution in [2.45, 2.75) is 6.92 Å². The van der Waals surface area contributed by atoms with Crippen molar-refractivity contribution in [3.63, 3.8) is 0 Å². The van der Waals surface area contributed by atoms with E-state index in [4.69, 9.17) is 0 Å². The maximum atomic E-state index is 11.6. The smallest absolute Gasteiger partial charge is 0.396 e. The number of esters is 1. The van der Waals surface area contributed by atoms with Crippen LogP contribution < -0.4 is 10.6 Å². The molecule has 19 heavy (non-hydrogen) atoms. The summed E-state index contributed by atoms with van der Waals surface area (Å²) < 4.78 is 4.51. The van der Waals surface area contributed by atoms with Crippen LogP contribution in [0.5, 0.6) is 0 Å². The van der Waals surface area contributed by atoms with Gasteiger partial charge in [-0.2, -0.15) is 0 Å². The molecular weight excluding hydrogens is 248 g/mol. The van der Waals surface area contributed by atoms with Gasteiger partial charge in [0.15, 0.2) is 0 Å². The highest BCUT2D eigenvalue weighted by Crippen LogP contribution is 1.96. The Morgan fingerprint density at radius 2 is 1.68 bits per heavy atom. The molecule has 0 spiro atoms. The van der Waals surface area contributed by atoms with E-state index < -0.39 is 11.9 Å². The zero-order valence-electron chi connectivity index (χ0n) is 10.6. The Morgan fingerprint density at radius 3 is 2.32 bits per heavy atom. The molecule has 6 heteroatoms. The lowest BCUT2D eigenvalue weighted by Crippen LogP contribution is -2.38. The molecule has 0 radical (unpaired) electrons. The van der Waals surface area contributed by atoms with Crippen molar-refractivity contribution in [1.82, 2.24) is 10.6 Å². The Hall–Kier alpha value is -2.37. The highest BCUT2D eigenvalue weighted by atomic mass is 16.5. The van der Waals surface area contributed by atoms with Crippen LogP contribution in [0.4, 0.5) is 0 Å². The van der Waals surface area contributed by atoms with Crippen LogP contribution in [-0.2, 0) is 14.3 Å². The van der Waals surface area contributed by atoms with E-state index in [1.807, 2.05) is 6.07 Å². The monoisotopic (exact) mass is 264 g/mol. The van der Waals surface area contributed by atoms with Gasteiger partial charge < -0.3 is 15.4 Å². The van der Waals surface area contributed by atoms with E-state index in [0.717, 1.165) is 0 Å². The first-order valence-electron chi connectivity index (χ1n) is 5.93. The quantitative estimate of drug-likeness (QED) is 0.448. The molecule has 0 saturated heterocycles. The zero-order valence-corrected chi connectivity index (χ0v) is 10.6. The van der Waals surface area contributed by atoms with Crippen molar-refractivity contribution in [3.8, 4) is 0 Å². The molecule has 0 heterocycles. The molecule has 0 aliphatic heterocycles. The number of hydrogen-bond acceptors (Lipinski definition) is 4. The predicted octanol–water partition coefficient (Wildman–Crippen LogP) is 0.0957. The predicted molar refractivity (Wildman–Crippen MR) is 68.4 cm³/mol. The summed E-state index contributed by atoms with van der Waals surface area (Å²) in [5, 5.41) is 4.97. The second-order valence-corrected chi connectivity index (χ2v) is 3.60. The molecule has 6 nitrogen and oxygen atoms in total. The molecule has 102 valence electrons. The van der Waals surface area contributed by atoms with Gasteiger partial charge >= 0.3 is 11.9 Å². The van der Waals surface area contributed by atoms with Crippen LogP contribution in [0.3, 0.4) is 0 Å². The van der Waals surface area contributed by atoms with Crippen LogP contribution in [0.2, 0.25) is 0 Å². The first-order valence-corrected chi connectivity index (χ1v) is 5.93. The standard InChI is InChI=1S/C13H16N2O4/c1-2-19-13(18)12(17)15-9-8-14-11(16)10-6-4-3-5-7-10/h3-7H,2,8-9H2,1H3,(H,14,16)(H,15,17). The van der Waals surface area contributed by atoms with Gasteiger partial charge in [-0.05, 0) is 19.1 Å². The van der Waals surface area contributed by atoms with Crippen molar-refractivity contribution in [1.29, 1.82) is 0 Å². The highest BCUT2D eigenvalue weighted by Gasteiger charge is 2.13. The van der Waals surface area contributed by atoms with Gasteiger partial charge in [-0.3, -0.25) is 9.59 Å². The second kappa shape index (κ2) is 7.86. The van der Waals surface area contributed by atoms with Gasteiger partial charge in [0.05, 0.1) is 6.61 Å². The molecule has 0 saturated carbocycles. The third-order valence-corrected chi connectivity index (χ3v) is 2.19.